The first-order chi connectivity index (χ1) is 11.8. The largest absolute Gasteiger partial charge is 0.444 e. The number of thiophene rings is 1. The normalized spacial score (nSPS) is 16.2. The number of amides is 2. The molecule has 1 aromatic rings. The van der Waals surface area contributed by atoms with E-state index in [9.17, 15) is 9.59 Å². The molecule has 25 heavy (non-hydrogen) atoms. The molecule has 2 rings (SSSR count). The lowest BCUT2D eigenvalue weighted by Gasteiger charge is -2.35. The molecular weight excluding hydrogens is 338 g/mol. The van der Waals surface area contributed by atoms with Gasteiger partial charge in [0.25, 0.3) is 0 Å². The third-order valence-electron chi connectivity index (χ3n) is 3.69. The highest BCUT2D eigenvalue weighted by Gasteiger charge is 2.25. The molecule has 138 valence electrons. The van der Waals surface area contributed by atoms with Crippen LogP contribution in [0.15, 0.2) is 23.6 Å². The summed E-state index contributed by atoms with van der Waals surface area (Å²) in [5.74, 6) is -0.0826. The van der Waals surface area contributed by atoms with Crippen LogP contribution in [0.1, 0.15) is 25.6 Å². The molecule has 0 unspecified atom stereocenters. The van der Waals surface area contributed by atoms with Crippen molar-refractivity contribution >= 4 is 29.4 Å². The van der Waals surface area contributed by atoms with Crippen LogP contribution in [-0.4, -0.2) is 66.7 Å². The smallest absolute Gasteiger partial charge is 0.410 e. The lowest BCUT2D eigenvalue weighted by molar-refractivity contribution is -0.116. The molecule has 0 aromatic carbocycles. The Morgan fingerprint density at radius 2 is 2.00 bits per heavy atom. The number of piperazine rings is 1. The molecule has 2 heterocycles. The zero-order valence-electron chi connectivity index (χ0n) is 15.2. The van der Waals surface area contributed by atoms with Gasteiger partial charge in [-0.05, 0) is 38.3 Å². The predicted molar refractivity (Wildman–Crippen MR) is 101 cm³/mol. The zero-order valence-corrected chi connectivity index (χ0v) is 16.0. The Labute approximate surface area is 153 Å². The van der Waals surface area contributed by atoms with Crippen LogP contribution in [0.2, 0.25) is 0 Å². The number of hydrogen-bond acceptors (Lipinski definition) is 5. The van der Waals surface area contributed by atoms with E-state index in [4.69, 9.17) is 4.74 Å². The molecule has 0 radical (unpaired) electrons. The van der Waals surface area contributed by atoms with E-state index in [0.29, 0.717) is 19.6 Å². The Hall–Kier alpha value is -1.86. The second-order valence-corrected chi connectivity index (χ2v) is 7.93. The Kier molecular flexibility index (Phi) is 7.01. The number of nitrogens with zero attached hydrogens (tertiary/aromatic N) is 2. The van der Waals surface area contributed by atoms with Crippen LogP contribution in [0.4, 0.5) is 4.79 Å². The lowest BCUT2D eigenvalue weighted by atomic mass is 10.2. The second-order valence-electron chi connectivity index (χ2n) is 6.95. The summed E-state index contributed by atoms with van der Waals surface area (Å²) in [4.78, 5) is 28.8. The fourth-order valence-corrected chi connectivity index (χ4v) is 3.04. The van der Waals surface area contributed by atoms with Gasteiger partial charge in [0.1, 0.15) is 5.60 Å². The Bertz CT molecular complexity index is 585. The van der Waals surface area contributed by atoms with E-state index in [1.807, 2.05) is 44.4 Å². The van der Waals surface area contributed by atoms with Crippen molar-refractivity contribution in [1.82, 2.24) is 15.1 Å². The van der Waals surface area contributed by atoms with Crippen molar-refractivity contribution in [2.75, 3.05) is 39.3 Å². The van der Waals surface area contributed by atoms with E-state index in [0.717, 1.165) is 24.5 Å². The highest BCUT2D eigenvalue weighted by molar-refractivity contribution is 7.10. The average molecular weight is 365 g/mol. The van der Waals surface area contributed by atoms with E-state index in [1.165, 1.54) is 0 Å². The fraction of sp³-hybridized carbons (Fsp3) is 0.556. The zero-order chi connectivity index (χ0) is 18.3. The minimum Gasteiger partial charge on any atom is -0.444 e. The standard InChI is InChI=1S/C18H27N3O3S/c1-18(2,3)24-17(23)21-12-10-20(11-13-21)9-8-19-16(22)7-6-15-5-4-14-25-15/h4-7,14H,8-13H2,1-3H3,(H,19,22)/b7-6+. The van der Waals surface area contributed by atoms with Gasteiger partial charge in [-0.3, -0.25) is 9.69 Å². The van der Waals surface area contributed by atoms with Crippen LogP contribution >= 0.6 is 11.3 Å². The molecule has 0 saturated carbocycles. The number of carbonyl (C=O) groups excluding carboxylic acids is 2. The van der Waals surface area contributed by atoms with Crippen molar-refractivity contribution < 1.29 is 14.3 Å². The number of rotatable bonds is 5. The summed E-state index contributed by atoms with van der Waals surface area (Å²) in [6.45, 7) is 9.88. The number of carbonyl (C=O) groups is 2. The molecule has 6 nitrogen and oxygen atoms in total. The van der Waals surface area contributed by atoms with E-state index < -0.39 is 5.60 Å². The van der Waals surface area contributed by atoms with Crippen molar-refractivity contribution in [2.45, 2.75) is 26.4 Å². The molecule has 0 bridgehead atoms. The number of hydrogen-bond donors (Lipinski definition) is 1. The lowest BCUT2D eigenvalue weighted by Crippen LogP contribution is -2.51. The van der Waals surface area contributed by atoms with Crippen LogP contribution in [0.25, 0.3) is 6.08 Å². The van der Waals surface area contributed by atoms with E-state index in [1.54, 1.807) is 22.3 Å². The van der Waals surface area contributed by atoms with Gasteiger partial charge >= 0.3 is 6.09 Å². The molecular formula is C18H27N3O3S. The first kappa shape index (κ1) is 19.5. The maximum absolute atomic E-state index is 12.0. The fourth-order valence-electron chi connectivity index (χ4n) is 2.42. The average Bonchev–Trinajstić information content (AvgIpc) is 3.05. The van der Waals surface area contributed by atoms with E-state index in [-0.39, 0.29) is 12.0 Å². The van der Waals surface area contributed by atoms with Gasteiger partial charge in [0.15, 0.2) is 0 Å². The Morgan fingerprint density at radius 3 is 2.60 bits per heavy atom. The number of nitrogens with one attached hydrogen (secondary N) is 1. The van der Waals surface area contributed by atoms with Crippen LogP contribution in [0.3, 0.4) is 0 Å². The third kappa shape index (κ3) is 7.27. The van der Waals surface area contributed by atoms with Gasteiger partial charge in [-0.25, -0.2) is 4.79 Å². The topological polar surface area (TPSA) is 61.9 Å². The quantitative estimate of drug-likeness (QED) is 0.814. The summed E-state index contributed by atoms with van der Waals surface area (Å²) in [7, 11) is 0. The van der Waals surface area contributed by atoms with Crippen molar-refractivity contribution in [1.29, 1.82) is 0 Å². The highest BCUT2D eigenvalue weighted by Crippen LogP contribution is 2.12. The molecule has 1 aliphatic heterocycles. The summed E-state index contributed by atoms with van der Waals surface area (Å²) in [6.07, 6.45) is 3.13. The Morgan fingerprint density at radius 1 is 1.28 bits per heavy atom. The minimum atomic E-state index is -0.463. The molecule has 0 atom stereocenters. The molecule has 1 aliphatic rings. The molecule has 1 N–H and O–H groups in total. The minimum absolute atomic E-state index is 0.0826. The SMILES string of the molecule is CC(C)(C)OC(=O)N1CCN(CCNC(=O)/C=C/c2cccs2)CC1. The van der Waals surface area contributed by atoms with Gasteiger partial charge in [-0.15, -0.1) is 11.3 Å². The first-order valence-corrected chi connectivity index (χ1v) is 9.41. The molecule has 7 heteroatoms. The maximum Gasteiger partial charge on any atom is 0.410 e. The van der Waals surface area contributed by atoms with Gasteiger partial charge in [0.2, 0.25) is 5.91 Å². The van der Waals surface area contributed by atoms with Gasteiger partial charge < -0.3 is 15.0 Å². The highest BCUT2D eigenvalue weighted by atomic mass is 32.1. The third-order valence-corrected chi connectivity index (χ3v) is 4.53. The second kappa shape index (κ2) is 9.01. The van der Waals surface area contributed by atoms with Crippen molar-refractivity contribution in [3.05, 3.63) is 28.5 Å². The van der Waals surface area contributed by atoms with Crippen molar-refractivity contribution in [3.8, 4) is 0 Å². The van der Waals surface area contributed by atoms with Gasteiger partial charge in [-0.2, -0.15) is 0 Å². The summed E-state index contributed by atoms with van der Waals surface area (Å²) < 4.78 is 5.39. The van der Waals surface area contributed by atoms with E-state index >= 15 is 0 Å². The molecule has 1 saturated heterocycles. The number of ether oxygens (including phenoxy) is 1. The van der Waals surface area contributed by atoms with Crippen LogP contribution < -0.4 is 5.32 Å². The van der Waals surface area contributed by atoms with Crippen molar-refractivity contribution in [2.24, 2.45) is 0 Å². The molecule has 0 spiro atoms. The van der Waals surface area contributed by atoms with Gasteiger partial charge in [0, 0.05) is 50.2 Å². The predicted octanol–water partition coefficient (Wildman–Crippen LogP) is 2.43. The summed E-state index contributed by atoms with van der Waals surface area (Å²) >= 11 is 1.60. The molecule has 0 aliphatic carbocycles. The van der Waals surface area contributed by atoms with Crippen LogP contribution in [0, 0.1) is 0 Å². The van der Waals surface area contributed by atoms with Crippen LogP contribution in [0.5, 0.6) is 0 Å². The summed E-state index contributed by atoms with van der Waals surface area (Å²) in [5.41, 5.74) is -0.463. The molecule has 1 aromatic heterocycles. The Balaban J connectivity index is 1.62. The molecule has 2 amide bonds. The summed E-state index contributed by atoms with van der Waals surface area (Å²) in [5, 5.41) is 4.87. The van der Waals surface area contributed by atoms with Crippen LogP contribution in [-0.2, 0) is 9.53 Å². The monoisotopic (exact) mass is 365 g/mol. The first-order valence-electron chi connectivity index (χ1n) is 8.53. The van der Waals surface area contributed by atoms with Gasteiger partial charge in [0.05, 0.1) is 0 Å². The van der Waals surface area contributed by atoms with Gasteiger partial charge in [-0.1, -0.05) is 6.07 Å². The van der Waals surface area contributed by atoms with E-state index in [2.05, 4.69) is 10.2 Å². The maximum atomic E-state index is 12.0. The molecule has 1 fully saturated rings. The van der Waals surface area contributed by atoms with Crippen molar-refractivity contribution in [3.63, 3.8) is 0 Å². The summed E-state index contributed by atoms with van der Waals surface area (Å²) in [6, 6.07) is 3.93.